The number of oxime groups is 1. The third-order valence-corrected chi connectivity index (χ3v) is 3.88. The summed E-state index contributed by atoms with van der Waals surface area (Å²) in [7, 11) is 0. The van der Waals surface area contributed by atoms with Gasteiger partial charge in [0.05, 0.1) is 0 Å². The van der Waals surface area contributed by atoms with Crippen LogP contribution >= 0.6 is 0 Å². The number of nitrogens with two attached hydrogens (primary N) is 1. The summed E-state index contributed by atoms with van der Waals surface area (Å²) in [6.45, 7) is 4.16. The lowest BCUT2D eigenvalue weighted by atomic mass is 10.1. The zero-order valence-corrected chi connectivity index (χ0v) is 11.8. The number of nitrogens with zero attached hydrogens (tertiary/aromatic N) is 3. The smallest absolute Gasteiger partial charge is 0.272 e. The van der Waals surface area contributed by atoms with Gasteiger partial charge in [-0.1, -0.05) is 12.1 Å². The number of amidine groups is 1. The second kappa shape index (κ2) is 5.90. The molecule has 6 nitrogen and oxygen atoms in total. The minimum absolute atomic E-state index is 0.0162. The van der Waals surface area contributed by atoms with Gasteiger partial charge in [-0.2, -0.15) is 0 Å². The number of hydrogen-bond acceptors (Lipinski definition) is 4. The van der Waals surface area contributed by atoms with E-state index in [1.807, 2.05) is 4.90 Å². The lowest BCUT2D eigenvalue weighted by Gasteiger charge is -2.27. The first kappa shape index (κ1) is 14.3. The van der Waals surface area contributed by atoms with E-state index in [4.69, 9.17) is 10.9 Å². The van der Waals surface area contributed by atoms with Crippen LogP contribution in [-0.4, -0.2) is 38.9 Å². The molecule has 2 heterocycles. The topological polar surface area (TPSA) is 91.8 Å². The standard InChI is InChI=1S/C14H20N4O2/c1-3-11-6-4-9(2)18(11)14(19)12-7-5-10(8-16-12)13(15)17-20/h5,7-9,11,20H,3-4,6H2,1-2H3,(H2,15,17). The minimum atomic E-state index is -0.0482. The molecule has 0 bridgehead atoms. The minimum Gasteiger partial charge on any atom is -0.409 e. The van der Waals surface area contributed by atoms with E-state index in [9.17, 15) is 4.79 Å². The molecule has 1 aromatic heterocycles. The Bertz CT molecular complexity index is 512. The first-order chi connectivity index (χ1) is 9.58. The van der Waals surface area contributed by atoms with Gasteiger partial charge in [0.2, 0.25) is 0 Å². The highest BCUT2D eigenvalue weighted by Gasteiger charge is 2.34. The average Bonchev–Trinajstić information content (AvgIpc) is 2.86. The number of amides is 1. The van der Waals surface area contributed by atoms with Crippen LogP contribution in [0.4, 0.5) is 0 Å². The van der Waals surface area contributed by atoms with E-state index < -0.39 is 0 Å². The van der Waals surface area contributed by atoms with Crippen molar-refractivity contribution in [1.82, 2.24) is 9.88 Å². The molecule has 1 aliphatic heterocycles. The van der Waals surface area contributed by atoms with Gasteiger partial charge in [-0.05, 0) is 38.3 Å². The molecule has 6 heteroatoms. The quantitative estimate of drug-likeness (QED) is 0.379. The SMILES string of the molecule is CCC1CCC(C)N1C(=O)c1ccc(/C(N)=N/O)cn1. The van der Waals surface area contributed by atoms with Gasteiger partial charge in [-0.15, -0.1) is 0 Å². The van der Waals surface area contributed by atoms with Gasteiger partial charge in [0.1, 0.15) is 5.69 Å². The largest absolute Gasteiger partial charge is 0.409 e. The van der Waals surface area contributed by atoms with Crippen molar-refractivity contribution >= 4 is 11.7 Å². The highest BCUT2D eigenvalue weighted by atomic mass is 16.4. The molecule has 1 fully saturated rings. The van der Waals surface area contributed by atoms with Crippen molar-refractivity contribution in [2.24, 2.45) is 10.9 Å². The summed E-state index contributed by atoms with van der Waals surface area (Å²) in [5, 5.41) is 11.5. The molecular formula is C14H20N4O2. The maximum absolute atomic E-state index is 12.5. The Morgan fingerprint density at radius 1 is 1.55 bits per heavy atom. The first-order valence-electron chi connectivity index (χ1n) is 6.85. The van der Waals surface area contributed by atoms with Crippen molar-refractivity contribution in [3.05, 3.63) is 29.6 Å². The summed E-state index contributed by atoms with van der Waals surface area (Å²) in [5.74, 6) is -0.0645. The maximum Gasteiger partial charge on any atom is 0.272 e. The number of carbonyl (C=O) groups excluding carboxylic acids is 1. The normalized spacial score (nSPS) is 23.1. The fourth-order valence-corrected chi connectivity index (χ4v) is 2.70. The predicted molar refractivity (Wildman–Crippen MR) is 75.7 cm³/mol. The Balaban J connectivity index is 2.21. The highest BCUT2D eigenvalue weighted by molar-refractivity contribution is 5.98. The molecule has 0 aliphatic carbocycles. The number of hydrogen-bond donors (Lipinski definition) is 2. The molecule has 0 radical (unpaired) electrons. The van der Waals surface area contributed by atoms with Gasteiger partial charge in [0.25, 0.3) is 5.91 Å². The van der Waals surface area contributed by atoms with Crippen LogP contribution in [0.15, 0.2) is 23.5 Å². The van der Waals surface area contributed by atoms with Crippen molar-refractivity contribution in [1.29, 1.82) is 0 Å². The van der Waals surface area contributed by atoms with Crippen LogP contribution in [0.3, 0.4) is 0 Å². The molecule has 108 valence electrons. The van der Waals surface area contributed by atoms with Crippen LogP contribution in [0.2, 0.25) is 0 Å². The predicted octanol–water partition coefficient (Wildman–Crippen LogP) is 1.58. The molecule has 2 unspecified atom stereocenters. The molecule has 20 heavy (non-hydrogen) atoms. The van der Waals surface area contributed by atoms with Crippen molar-refractivity contribution in [2.45, 2.75) is 45.2 Å². The average molecular weight is 276 g/mol. The van der Waals surface area contributed by atoms with Crippen molar-refractivity contribution in [3.8, 4) is 0 Å². The Labute approximate surface area is 118 Å². The number of carbonyl (C=O) groups is 1. The summed E-state index contributed by atoms with van der Waals surface area (Å²) >= 11 is 0. The summed E-state index contributed by atoms with van der Waals surface area (Å²) in [4.78, 5) is 18.6. The van der Waals surface area contributed by atoms with Crippen molar-refractivity contribution in [2.75, 3.05) is 0 Å². The van der Waals surface area contributed by atoms with Crippen LogP contribution in [0.1, 0.15) is 49.2 Å². The molecule has 0 saturated carbocycles. The van der Waals surface area contributed by atoms with Gasteiger partial charge in [-0.3, -0.25) is 9.78 Å². The lowest BCUT2D eigenvalue weighted by molar-refractivity contribution is 0.0670. The van der Waals surface area contributed by atoms with Gasteiger partial charge in [-0.25, -0.2) is 0 Å². The van der Waals surface area contributed by atoms with E-state index in [0.29, 0.717) is 17.3 Å². The van der Waals surface area contributed by atoms with E-state index in [0.717, 1.165) is 19.3 Å². The Hall–Kier alpha value is -2.11. The molecule has 1 saturated heterocycles. The Morgan fingerprint density at radius 2 is 2.30 bits per heavy atom. The van der Waals surface area contributed by atoms with Gasteiger partial charge in [0, 0.05) is 23.8 Å². The Morgan fingerprint density at radius 3 is 2.85 bits per heavy atom. The summed E-state index contributed by atoms with van der Waals surface area (Å²) in [5.41, 5.74) is 6.36. The lowest BCUT2D eigenvalue weighted by Crippen LogP contribution is -2.40. The van der Waals surface area contributed by atoms with E-state index in [-0.39, 0.29) is 17.8 Å². The summed E-state index contributed by atoms with van der Waals surface area (Å²) in [6, 6.07) is 3.80. The second-order valence-electron chi connectivity index (χ2n) is 5.12. The second-order valence-corrected chi connectivity index (χ2v) is 5.12. The van der Waals surface area contributed by atoms with Crippen molar-refractivity contribution in [3.63, 3.8) is 0 Å². The number of rotatable bonds is 3. The maximum atomic E-state index is 12.5. The molecule has 1 aliphatic rings. The van der Waals surface area contributed by atoms with Gasteiger partial charge >= 0.3 is 0 Å². The third kappa shape index (κ3) is 2.59. The molecule has 1 aromatic rings. The molecule has 2 atom stereocenters. The van der Waals surface area contributed by atoms with Gasteiger partial charge in [0.15, 0.2) is 5.84 Å². The van der Waals surface area contributed by atoms with Crippen LogP contribution in [0, 0.1) is 0 Å². The number of likely N-dealkylation sites (tertiary alicyclic amines) is 1. The summed E-state index contributed by atoms with van der Waals surface area (Å²) < 4.78 is 0. The van der Waals surface area contributed by atoms with Crippen LogP contribution in [-0.2, 0) is 0 Å². The molecule has 0 aromatic carbocycles. The zero-order chi connectivity index (χ0) is 14.7. The molecule has 0 spiro atoms. The Kier molecular flexibility index (Phi) is 4.22. The molecular weight excluding hydrogens is 256 g/mol. The fourth-order valence-electron chi connectivity index (χ4n) is 2.70. The molecule has 1 amide bonds. The molecule has 2 rings (SSSR count). The number of aromatic nitrogens is 1. The van der Waals surface area contributed by atoms with Gasteiger partial charge < -0.3 is 15.8 Å². The van der Waals surface area contributed by atoms with E-state index in [1.54, 1.807) is 12.1 Å². The monoisotopic (exact) mass is 276 g/mol. The van der Waals surface area contributed by atoms with Crippen LogP contribution in [0.5, 0.6) is 0 Å². The molecule has 3 N–H and O–H groups in total. The van der Waals surface area contributed by atoms with Crippen LogP contribution < -0.4 is 5.73 Å². The first-order valence-corrected chi connectivity index (χ1v) is 6.85. The van der Waals surface area contributed by atoms with Crippen LogP contribution in [0.25, 0.3) is 0 Å². The van der Waals surface area contributed by atoms with E-state index >= 15 is 0 Å². The zero-order valence-electron chi connectivity index (χ0n) is 11.8. The number of pyridine rings is 1. The van der Waals surface area contributed by atoms with E-state index in [2.05, 4.69) is 24.0 Å². The van der Waals surface area contributed by atoms with E-state index in [1.165, 1.54) is 6.20 Å². The summed E-state index contributed by atoms with van der Waals surface area (Å²) in [6.07, 6.45) is 4.49. The highest BCUT2D eigenvalue weighted by Crippen LogP contribution is 2.27. The third-order valence-electron chi connectivity index (χ3n) is 3.88. The fraction of sp³-hybridized carbons (Fsp3) is 0.500. The van der Waals surface area contributed by atoms with Crippen molar-refractivity contribution < 1.29 is 10.0 Å².